The fraction of sp³-hybridized carbons (Fsp3) is 0.933. The molecule has 1 saturated carbocycles. The lowest BCUT2D eigenvalue weighted by Crippen LogP contribution is -2.34. The lowest BCUT2D eigenvalue weighted by molar-refractivity contribution is -0.123. The summed E-state index contributed by atoms with van der Waals surface area (Å²) in [5, 5.41) is 2.98. The van der Waals surface area contributed by atoms with E-state index in [2.05, 4.69) is 17.3 Å². The predicted octanol–water partition coefficient (Wildman–Crippen LogP) is 2.80. The van der Waals surface area contributed by atoms with Gasteiger partial charge in [0.25, 0.3) is 0 Å². The first-order valence-corrected chi connectivity index (χ1v) is 7.59. The van der Waals surface area contributed by atoms with Crippen molar-refractivity contribution < 1.29 is 4.79 Å². The van der Waals surface area contributed by atoms with E-state index in [0.29, 0.717) is 0 Å². The maximum absolute atomic E-state index is 11.4. The SMILES string of the molecule is CC(C)C(=O)NCCCCN(C)C1CCCCC1. The third-order valence-electron chi connectivity index (χ3n) is 3.96. The van der Waals surface area contributed by atoms with Crippen molar-refractivity contribution in [2.45, 2.75) is 64.8 Å². The highest BCUT2D eigenvalue weighted by Crippen LogP contribution is 2.21. The number of carbonyl (C=O) groups is 1. The smallest absolute Gasteiger partial charge is 0.222 e. The second-order valence-electron chi connectivity index (χ2n) is 5.93. The van der Waals surface area contributed by atoms with E-state index in [9.17, 15) is 4.79 Å². The molecule has 0 aliphatic heterocycles. The van der Waals surface area contributed by atoms with Gasteiger partial charge in [-0.15, -0.1) is 0 Å². The largest absolute Gasteiger partial charge is 0.356 e. The van der Waals surface area contributed by atoms with Crippen molar-refractivity contribution in [1.82, 2.24) is 10.2 Å². The van der Waals surface area contributed by atoms with Gasteiger partial charge in [-0.1, -0.05) is 33.1 Å². The average molecular weight is 254 g/mol. The van der Waals surface area contributed by atoms with Gasteiger partial charge in [0.1, 0.15) is 0 Å². The van der Waals surface area contributed by atoms with Crippen molar-refractivity contribution in [3.63, 3.8) is 0 Å². The Morgan fingerprint density at radius 3 is 2.50 bits per heavy atom. The number of rotatable bonds is 7. The van der Waals surface area contributed by atoms with Gasteiger partial charge >= 0.3 is 0 Å². The fourth-order valence-electron chi connectivity index (χ4n) is 2.61. The van der Waals surface area contributed by atoms with Gasteiger partial charge in [0.2, 0.25) is 5.91 Å². The molecule has 0 aromatic heterocycles. The van der Waals surface area contributed by atoms with Gasteiger partial charge in [-0.2, -0.15) is 0 Å². The minimum absolute atomic E-state index is 0.106. The molecule has 3 heteroatoms. The molecular weight excluding hydrogens is 224 g/mol. The molecule has 0 bridgehead atoms. The summed E-state index contributed by atoms with van der Waals surface area (Å²) in [6.45, 7) is 5.87. The highest BCUT2D eigenvalue weighted by molar-refractivity contribution is 5.77. The summed E-state index contributed by atoms with van der Waals surface area (Å²) in [4.78, 5) is 13.9. The Bertz CT molecular complexity index is 235. The molecule has 0 saturated heterocycles. The fourth-order valence-corrected chi connectivity index (χ4v) is 2.61. The van der Waals surface area contributed by atoms with Gasteiger partial charge in [0.15, 0.2) is 0 Å². The van der Waals surface area contributed by atoms with Crippen LogP contribution in [0.3, 0.4) is 0 Å². The van der Waals surface area contributed by atoms with E-state index >= 15 is 0 Å². The number of nitrogens with zero attached hydrogens (tertiary/aromatic N) is 1. The molecule has 1 rings (SSSR count). The Balaban J connectivity index is 2.01. The van der Waals surface area contributed by atoms with Crippen LogP contribution in [0.15, 0.2) is 0 Å². The molecular formula is C15H30N2O. The van der Waals surface area contributed by atoms with E-state index in [1.807, 2.05) is 13.8 Å². The van der Waals surface area contributed by atoms with E-state index in [4.69, 9.17) is 0 Å². The van der Waals surface area contributed by atoms with Crippen molar-refractivity contribution in [2.75, 3.05) is 20.1 Å². The maximum Gasteiger partial charge on any atom is 0.222 e. The molecule has 3 nitrogen and oxygen atoms in total. The molecule has 0 heterocycles. The molecule has 106 valence electrons. The summed E-state index contributed by atoms with van der Waals surface area (Å²) in [5.41, 5.74) is 0. The van der Waals surface area contributed by atoms with E-state index in [-0.39, 0.29) is 11.8 Å². The summed E-state index contributed by atoms with van der Waals surface area (Å²) < 4.78 is 0. The summed E-state index contributed by atoms with van der Waals surface area (Å²) in [5.74, 6) is 0.283. The molecule has 1 aliphatic rings. The van der Waals surface area contributed by atoms with E-state index in [1.165, 1.54) is 45.1 Å². The molecule has 0 radical (unpaired) electrons. The summed E-state index contributed by atoms with van der Waals surface area (Å²) in [6, 6.07) is 0.809. The van der Waals surface area contributed by atoms with Crippen LogP contribution in [0.5, 0.6) is 0 Å². The molecule has 18 heavy (non-hydrogen) atoms. The molecule has 1 N–H and O–H groups in total. The van der Waals surface area contributed by atoms with Crippen LogP contribution >= 0.6 is 0 Å². The first-order valence-electron chi connectivity index (χ1n) is 7.59. The molecule has 1 fully saturated rings. The molecule has 0 aromatic carbocycles. The van der Waals surface area contributed by atoms with Crippen LogP contribution in [-0.2, 0) is 4.79 Å². The van der Waals surface area contributed by atoms with E-state index in [0.717, 1.165) is 19.0 Å². The molecule has 0 spiro atoms. The zero-order valence-electron chi connectivity index (χ0n) is 12.4. The number of hydrogen-bond acceptors (Lipinski definition) is 2. The molecule has 0 atom stereocenters. The number of unbranched alkanes of at least 4 members (excludes halogenated alkanes) is 1. The highest BCUT2D eigenvalue weighted by atomic mass is 16.1. The monoisotopic (exact) mass is 254 g/mol. The quantitative estimate of drug-likeness (QED) is 0.709. The van der Waals surface area contributed by atoms with Crippen molar-refractivity contribution in [1.29, 1.82) is 0 Å². The standard InChI is InChI=1S/C15H30N2O/c1-13(2)15(18)16-11-7-8-12-17(3)14-9-5-4-6-10-14/h13-14H,4-12H2,1-3H3,(H,16,18). The van der Waals surface area contributed by atoms with Gasteiger partial charge < -0.3 is 10.2 Å². The Kier molecular flexibility index (Phi) is 7.33. The van der Waals surface area contributed by atoms with Crippen LogP contribution in [0.2, 0.25) is 0 Å². The summed E-state index contributed by atoms with van der Waals surface area (Å²) in [7, 11) is 2.25. The van der Waals surface area contributed by atoms with Crippen molar-refractivity contribution in [3.05, 3.63) is 0 Å². The van der Waals surface area contributed by atoms with E-state index in [1.54, 1.807) is 0 Å². The minimum atomic E-state index is 0.106. The van der Waals surface area contributed by atoms with E-state index < -0.39 is 0 Å². The highest BCUT2D eigenvalue weighted by Gasteiger charge is 2.17. The number of amides is 1. The Labute approximate surface area is 112 Å². The lowest BCUT2D eigenvalue weighted by Gasteiger charge is -2.31. The summed E-state index contributed by atoms with van der Waals surface area (Å²) in [6.07, 6.45) is 9.26. The first-order chi connectivity index (χ1) is 8.61. The Morgan fingerprint density at radius 2 is 1.89 bits per heavy atom. The lowest BCUT2D eigenvalue weighted by atomic mass is 9.94. The number of nitrogens with one attached hydrogen (secondary N) is 1. The second kappa shape index (κ2) is 8.52. The number of carbonyl (C=O) groups excluding carboxylic acids is 1. The first kappa shape index (κ1) is 15.5. The van der Waals surface area contributed by atoms with Crippen LogP contribution in [0.4, 0.5) is 0 Å². The summed E-state index contributed by atoms with van der Waals surface area (Å²) >= 11 is 0. The van der Waals surface area contributed by atoms with Crippen LogP contribution < -0.4 is 5.32 Å². The molecule has 1 aliphatic carbocycles. The van der Waals surface area contributed by atoms with Crippen LogP contribution in [0.25, 0.3) is 0 Å². The van der Waals surface area contributed by atoms with Crippen LogP contribution in [0.1, 0.15) is 58.8 Å². The third-order valence-corrected chi connectivity index (χ3v) is 3.96. The third kappa shape index (κ3) is 5.85. The number of hydrogen-bond donors (Lipinski definition) is 1. The zero-order chi connectivity index (χ0) is 13.4. The predicted molar refractivity (Wildman–Crippen MR) is 76.6 cm³/mol. The maximum atomic E-state index is 11.4. The second-order valence-corrected chi connectivity index (χ2v) is 5.93. The molecule has 1 amide bonds. The molecule has 0 unspecified atom stereocenters. The Hall–Kier alpha value is -0.570. The normalized spacial score (nSPS) is 17.4. The van der Waals surface area contributed by atoms with Gasteiger partial charge in [-0.05, 0) is 39.3 Å². The molecule has 0 aromatic rings. The minimum Gasteiger partial charge on any atom is -0.356 e. The van der Waals surface area contributed by atoms with Crippen molar-refractivity contribution in [2.24, 2.45) is 5.92 Å². The van der Waals surface area contributed by atoms with Gasteiger partial charge in [0, 0.05) is 18.5 Å². The average Bonchev–Trinajstić information content (AvgIpc) is 2.38. The van der Waals surface area contributed by atoms with Gasteiger partial charge in [-0.3, -0.25) is 4.79 Å². The zero-order valence-corrected chi connectivity index (χ0v) is 12.4. The Morgan fingerprint density at radius 1 is 1.22 bits per heavy atom. The topological polar surface area (TPSA) is 32.3 Å². The van der Waals surface area contributed by atoms with Crippen LogP contribution in [-0.4, -0.2) is 37.0 Å². The van der Waals surface area contributed by atoms with Crippen LogP contribution in [0, 0.1) is 5.92 Å². The van der Waals surface area contributed by atoms with Gasteiger partial charge in [-0.25, -0.2) is 0 Å². The van der Waals surface area contributed by atoms with Gasteiger partial charge in [0.05, 0.1) is 0 Å². The van der Waals surface area contributed by atoms with Crippen molar-refractivity contribution >= 4 is 5.91 Å². The van der Waals surface area contributed by atoms with Crippen molar-refractivity contribution in [3.8, 4) is 0 Å².